The van der Waals surface area contributed by atoms with E-state index in [-0.39, 0.29) is 18.4 Å². The van der Waals surface area contributed by atoms with Gasteiger partial charge in [0.2, 0.25) is 5.88 Å². The Kier molecular flexibility index (Phi) is 4.85. The lowest BCUT2D eigenvalue weighted by Crippen LogP contribution is -2.50. The van der Waals surface area contributed by atoms with Crippen molar-refractivity contribution in [3.05, 3.63) is 16.8 Å². The summed E-state index contributed by atoms with van der Waals surface area (Å²) in [5, 5.41) is 12.8. The number of ether oxygens (including phenoxy) is 1. The molecule has 0 fully saturated rings. The predicted molar refractivity (Wildman–Crippen MR) is 89.4 cm³/mol. The average molecular weight is 332 g/mol. The Bertz CT molecular complexity index is 778. The van der Waals surface area contributed by atoms with E-state index < -0.39 is 5.54 Å². The molecule has 0 bridgehead atoms. The first kappa shape index (κ1) is 17.2. The Morgan fingerprint density at radius 3 is 2.78 bits per heavy atom. The van der Waals surface area contributed by atoms with Crippen molar-refractivity contribution in [2.24, 2.45) is 5.92 Å². The van der Waals surface area contributed by atoms with Gasteiger partial charge in [-0.2, -0.15) is 5.26 Å². The quantitative estimate of drug-likeness (QED) is 0.909. The predicted octanol–water partition coefficient (Wildman–Crippen LogP) is 2.74. The van der Waals surface area contributed by atoms with Crippen molar-refractivity contribution >= 4 is 27.5 Å². The van der Waals surface area contributed by atoms with Crippen molar-refractivity contribution < 1.29 is 9.53 Å². The van der Waals surface area contributed by atoms with Crippen LogP contribution in [0.25, 0.3) is 10.2 Å². The highest BCUT2D eigenvalue weighted by atomic mass is 32.1. The van der Waals surface area contributed by atoms with Crippen LogP contribution in [0.1, 0.15) is 31.2 Å². The third-order valence-corrected chi connectivity index (χ3v) is 5.17. The van der Waals surface area contributed by atoms with Gasteiger partial charge in [-0.25, -0.2) is 9.97 Å². The molecular formula is C16H20N4O2S. The lowest BCUT2D eigenvalue weighted by molar-refractivity contribution is -0.124. The summed E-state index contributed by atoms with van der Waals surface area (Å²) in [6, 6.07) is 2.14. The lowest BCUT2D eigenvalue weighted by atomic mass is 9.90. The number of carbonyl (C=O) groups excluding carboxylic acids is 1. The van der Waals surface area contributed by atoms with Crippen LogP contribution in [0.2, 0.25) is 0 Å². The first-order valence-electron chi connectivity index (χ1n) is 7.34. The fraction of sp³-hybridized carbons (Fsp3) is 0.500. The maximum absolute atomic E-state index is 12.1. The Labute approximate surface area is 139 Å². The third-order valence-electron chi connectivity index (χ3n) is 4.06. The molecular weight excluding hydrogens is 312 g/mol. The zero-order valence-electron chi connectivity index (χ0n) is 13.9. The van der Waals surface area contributed by atoms with Gasteiger partial charge in [-0.3, -0.25) is 4.79 Å². The van der Waals surface area contributed by atoms with Gasteiger partial charge in [0.1, 0.15) is 16.7 Å². The molecule has 0 radical (unpaired) electrons. The fourth-order valence-electron chi connectivity index (χ4n) is 2.02. The molecule has 2 aromatic rings. The first-order chi connectivity index (χ1) is 10.8. The normalized spacial score (nSPS) is 13.6. The van der Waals surface area contributed by atoms with E-state index in [1.54, 1.807) is 18.3 Å². The maximum atomic E-state index is 12.1. The summed E-state index contributed by atoms with van der Waals surface area (Å²) in [6.45, 7) is 9.27. The molecule has 0 aliphatic rings. The Hall–Kier alpha value is -2.20. The summed E-state index contributed by atoms with van der Waals surface area (Å²) in [5.41, 5.74) is 0.140. The van der Waals surface area contributed by atoms with Crippen LogP contribution in [0.5, 0.6) is 5.88 Å². The summed E-state index contributed by atoms with van der Waals surface area (Å²) in [6.07, 6.45) is 1.43. The van der Waals surface area contributed by atoms with Crippen molar-refractivity contribution in [1.29, 1.82) is 5.26 Å². The van der Waals surface area contributed by atoms with Crippen LogP contribution in [0.4, 0.5) is 0 Å². The second-order valence-electron chi connectivity index (χ2n) is 5.95. The van der Waals surface area contributed by atoms with Gasteiger partial charge in [0.25, 0.3) is 5.91 Å². The number of fused-ring (bicyclic) bond motifs is 1. The number of aromatic nitrogens is 2. The SMILES string of the molecule is Cc1sc2ncnc(OCC(=O)NC(C)(C#N)C(C)C)c2c1C. The molecule has 1 unspecified atom stereocenters. The number of hydrogen-bond acceptors (Lipinski definition) is 6. The molecule has 1 amide bonds. The number of nitriles is 1. The lowest BCUT2D eigenvalue weighted by Gasteiger charge is -2.27. The maximum Gasteiger partial charge on any atom is 0.259 e. The smallest absolute Gasteiger partial charge is 0.259 e. The van der Waals surface area contributed by atoms with Crippen molar-refractivity contribution in [2.45, 2.75) is 40.2 Å². The van der Waals surface area contributed by atoms with Gasteiger partial charge in [0, 0.05) is 4.88 Å². The van der Waals surface area contributed by atoms with Crippen LogP contribution < -0.4 is 10.1 Å². The minimum Gasteiger partial charge on any atom is -0.467 e. The highest BCUT2D eigenvalue weighted by Crippen LogP contribution is 2.33. The zero-order chi connectivity index (χ0) is 17.2. The van der Waals surface area contributed by atoms with Gasteiger partial charge in [-0.1, -0.05) is 13.8 Å². The molecule has 0 aliphatic heterocycles. The van der Waals surface area contributed by atoms with Crippen LogP contribution in [0.15, 0.2) is 6.33 Å². The van der Waals surface area contributed by atoms with Gasteiger partial charge in [-0.05, 0) is 32.3 Å². The monoisotopic (exact) mass is 332 g/mol. The van der Waals surface area contributed by atoms with Crippen LogP contribution in [-0.2, 0) is 4.79 Å². The number of thiophene rings is 1. The minimum atomic E-state index is -0.920. The molecule has 2 rings (SSSR count). The van der Waals surface area contributed by atoms with Gasteiger partial charge in [-0.15, -0.1) is 11.3 Å². The molecule has 0 aliphatic carbocycles. The topological polar surface area (TPSA) is 87.9 Å². The van der Waals surface area contributed by atoms with Crippen LogP contribution >= 0.6 is 11.3 Å². The van der Waals surface area contributed by atoms with Crippen molar-refractivity contribution in [3.8, 4) is 11.9 Å². The molecule has 1 atom stereocenters. The molecule has 0 aromatic carbocycles. The number of nitrogens with one attached hydrogen (secondary N) is 1. The summed E-state index contributed by atoms with van der Waals surface area (Å²) < 4.78 is 5.58. The van der Waals surface area contributed by atoms with E-state index in [0.717, 1.165) is 20.7 Å². The third kappa shape index (κ3) is 3.42. The number of aryl methyl sites for hydroxylation is 2. The molecule has 0 saturated heterocycles. The van der Waals surface area contributed by atoms with Crippen LogP contribution in [0.3, 0.4) is 0 Å². The van der Waals surface area contributed by atoms with Crippen molar-refractivity contribution in [3.63, 3.8) is 0 Å². The molecule has 0 spiro atoms. The van der Waals surface area contributed by atoms with E-state index in [0.29, 0.717) is 5.88 Å². The standard InChI is InChI=1S/C16H20N4O2S/c1-9(2)16(5,7-17)20-12(21)6-22-14-13-10(3)11(4)23-15(13)19-8-18-14/h8-9H,6H2,1-5H3,(H,20,21). The molecule has 23 heavy (non-hydrogen) atoms. The van der Waals surface area contributed by atoms with E-state index >= 15 is 0 Å². The van der Waals surface area contributed by atoms with Gasteiger partial charge < -0.3 is 10.1 Å². The van der Waals surface area contributed by atoms with Gasteiger partial charge in [0.05, 0.1) is 11.5 Å². The van der Waals surface area contributed by atoms with E-state index in [2.05, 4.69) is 21.4 Å². The highest BCUT2D eigenvalue weighted by Gasteiger charge is 2.30. The summed E-state index contributed by atoms with van der Waals surface area (Å²) in [5.74, 6) is 0.0401. The van der Waals surface area contributed by atoms with Crippen molar-refractivity contribution in [1.82, 2.24) is 15.3 Å². The minimum absolute atomic E-state index is 0.0102. The summed E-state index contributed by atoms with van der Waals surface area (Å²) in [7, 11) is 0. The van der Waals surface area contributed by atoms with E-state index in [1.165, 1.54) is 6.33 Å². The van der Waals surface area contributed by atoms with E-state index in [4.69, 9.17) is 4.74 Å². The fourth-order valence-corrected chi connectivity index (χ4v) is 3.01. The average Bonchev–Trinajstić information content (AvgIpc) is 2.80. The first-order valence-corrected chi connectivity index (χ1v) is 8.16. The zero-order valence-corrected chi connectivity index (χ0v) is 14.7. The molecule has 2 aromatic heterocycles. The van der Waals surface area contributed by atoms with Gasteiger partial charge >= 0.3 is 0 Å². The van der Waals surface area contributed by atoms with Gasteiger partial charge in [0.15, 0.2) is 6.61 Å². The number of nitrogens with zero attached hydrogens (tertiary/aromatic N) is 3. The van der Waals surface area contributed by atoms with Crippen LogP contribution in [0, 0.1) is 31.1 Å². The second-order valence-corrected chi connectivity index (χ2v) is 7.15. The highest BCUT2D eigenvalue weighted by molar-refractivity contribution is 7.18. The molecule has 122 valence electrons. The number of rotatable bonds is 5. The molecule has 7 heteroatoms. The van der Waals surface area contributed by atoms with Crippen LogP contribution in [-0.4, -0.2) is 28.0 Å². The number of carbonyl (C=O) groups is 1. The molecule has 0 saturated carbocycles. The van der Waals surface area contributed by atoms with Crippen molar-refractivity contribution in [2.75, 3.05) is 6.61 Å². The largest absolute Gasteiger partial charge is 0.467 e. The number of amides is 1. The molecule has 2 heterocycles. The van der Waals surface area contributed by atoms with E-state index in [1.807, 2.05) is 27.7 Å². The summed E-state index contributed by atoms with van der Waals surface area (Å²) in [4.78, 5) is 22.4. The Morgan fingerprint density at radius 2 is 2.17 bits per heavy atom. The number of hydrogen-bond donors (Lipinski definition) is 1. The molecule has 1 N–H and O–H groups in total. The van der Waals surface area contributed by atoms with E-state index in [9.17, 15) is 10.1 Å². The summed E-state index contributed by atoms with van der Waals surface area (Å²) >= 11 is 1.57. The Balaban J connectivity index is 2.13. The second kappa shape index (κ2) is 6.50. The molecule has 6 nitrogen and oxygen atoms in total. The Morgan fingerprint density at radius 1 is 1.48 bits per heavy atom.